The minimum Gasteiger partial charge on any atom is -0.466 e. The molecular formula is C22H24ClNO5. The maximum Gasteiger partial charge on any atom is 0.397 e. The fourth-order valence-corrected chi connectivity index (χ4v) is 2.96. The van der Waals surface area contributed by atoms with E-state index in [0.717, 1.165) is 34.6 Å². The van der Waals surface area contributed by atoms with Crippen molar-refractivity contribution >= 4 is 41.1 Å². The van der Waals surface area contributed by atoms with Crippen LogP contribution in [-0.4, -0.2) is 31.1 Å². The van der Waals surface area contributed by atoms with Crippen molar-refractivity contribution in [2.45, 2.75) is 33.1 Å². The highest BCUT2D eigenvalue weighted by Crippen LogP contribution is 2.27. The summed E-state index contributed by atoms with van der Waals surface area (Å²) in [6, 6.07) is 7.57. The van der Waals surface area contributed by atoms with Gasteiger partial charge in [0.1, 0.15) is 0 Å². The lowest BCUT2D eigenvalue weighted by molar-refractivity contribution is -0.154. The molecular weight excluding hydrogens is 394 g/mol. The van der Waals surface area contributed by atoms with E-state index in [4.69, 9.17) is 16.3 Å². The van der Waals surface area contributed by atoms with E-state index in [9.17, 15) is 14.4 Å². The Morgan fingerprint density at radius 1 is 1.10 bits per heavy atom. The third kappa shape index (κ3) is 7.23. The molecule has 1 aromatic carbocycles. The van der Waals surface area contributed by atoms with Crippen molar-refractivity contribution in [1.29, 1.82) is 0 Å². The number of rotatable bonds is 7. The van der Waals surface area contributed by atoms with Gasteiger partial charge >= 0.3 is 17.8 Å². The number of amides is 1. The van der Waals surface area contributed by atoms with Crippen molar-refractivity contribution in [2.24, 2.45) is 0 Å². The van der Waals surface area contributed by atoms with Crippen LogP contribution in [0.1, 0.15) is 44.2 Å². The monoisotopic (exact) mass is 417 g/mol. The number of carbonyl (C=O) groups excluding carboxylic acids is 3. The van der Waals surface area contributed by atoms with Crippen molar-refractivity contribution < 1.29 is 23.9 Å². The van der Waals surface area contributed by atoms with E-state index in [1.807, 2.05) is 30.3 Å². The van der Waals surface area contributed by atoms with Crippen LogP contribution >= 0.6 is 11.6 Å². The molecule has 0 radical (unpaired) electrons. The first-order valence-corrected chi connectivity index (χ1v) is 9.81. The van der Waals surface area contributed by atoms with Crippen LogP contribution in [0.4, 0.5) is 0 Å². The summed E-state index contributed by atoms with van der Waals surface area (Å²) in [5.74, 6) is -2.46. The van der Waals surface area contributed by atoms with Gasteiger partial charge in [-0.15, -0.1) is 0 Å². The fraction of sp³-hybridized carbons (Fsp3) is 0.318. The lowest BCUT2D eigenvalue weighted by Gasteiger charge is -2.11. The van der Waals surface area contributed by atoms with Gasteiger partial charge in [-0.1, -0.05) is 41.9 Å². The van der Waals surface area contributed by atoms with Crippen molar-refractivity contribution in [2.75, 3.05) is 13.2 Å². The predicted octanol–water partition coefficient (Wildman–Crippen LogP) is 3.96. The summed E-state index contributed by atoms with van der Waals surface area (Å²) in [5, 5.41) is 3.26. The quantitative estimate of drug-likeness (QED) is 0.536. The number of halogens is 1. The lowest BCUT2D eigenvalue weighted by Crippen LogP contribution is -2.32. The van der Waals surface area contributed by atoms with Gasteiger partial charge in [-0.3, -0.25) is 9.59 Å². The molecule has 0 heterocycles. The molecule has 0 unspecified atom stereocenters. The lowest BCUT2D eigenvalue weighted by atomic mass is 9.98. The highest BCUT2D eigenvalue weighted by molar-refractivity contribution is 6.33. The third-order valence-electron chi connectivity index (χ3n) is 4.02. The molecule has 7 heteroatoms. The van der Waals surface area contributed by atoms with Crippen molar-refractivity contribution in [3.63, 3.8) is 0 Å². The average Bonchev–Trinajstić information content (AvgIpc) is 2.68. The van der Waals surface area contributed by atoms with Gasteiger partial charge in [-0.2, -0.15) is 0 Å². The molecule has 2 rings (SSSR count). The molecule has 0 saturated carbocycles. The first-order valence-electron chi connectivity index (χ1n) is 9.43. The molecule has 6 nitrogen and oxygen atoms in total. The Balaban J connectivity index is 2.20. The average molecular weight is 418 g/mol. The molecule has 154 valence electrons. The van der Waals surface area contributed by atoms with E-state index in [2.05, 4.69) is 16.1 Å². The Morgan fingerprint density at radius 3 is 2.41 bits per heavy atom. The molecule has 1 aliphatic carbocycles. The van der Waals surface area contributed by atoms with Gasteiger partial charge in [0.05, 0.1) is 19.6 Å². The van der Waals surface area contributed by atoms with Crippen LogP contribution in [-0.2, 0) is 23.9 Å². The Hall–Kier alpha value is -2.86. The van der Waals surface area contributed by atoms with Crippen LogP contribution in [0.2, 0.25) is 0 Å². The number of nitrogens with one attached hydrogen (secondary N) is 1. The van der Waals surface area contributed by atoms with Gasteiger partial charge in [0.2, 0.25) is 0 Å². The number of hydrogen-bond donors (Lipinski definition) is 1. The second kappa shape index (κ2) is 11.2. The van der Waals surface area contributed by atoms with E-state index in [-0.39, 0.29) is 25.3 Å². The van der Waals surface area contributed by atoms with Gasteiger partial charge in [-0.25, -0.2) is 4.79 Å². The van der Waals surface area contributed by atoms with Gasteiger partial charge in [0.15, 0.2) is 0 Å². The largest absolute Gasteiger partial charge is 0.466 e. The predicted molar refractivity (Wildman–Crippen MR) is 112 cm³/mol. The van der Waals surface area contributed by atoms with Crippen LogP contribution in [0.3, 0.4) is 0 Å². The van der Waals surface area contributed by atoms with Crippen LogP contribution in [0.5, 0.6) is 0 Å². The summed E-state index contributed by atoms with van der Waals surface area (Å²) in [6.45, 7) is 3.60. The minimum atomic E-state index is -1.01. The topological polar surface area (TPSA) is 81.7 Å². The highest BCUT2D eigenvalue weighted by Gasteiger charge is 2.18. The van der Waals surface area contributed by atoms with E-state index < -0.39 is 17.8 Å². The third-order valence-corrected chi connectivity index (χ3v) is 4.32. The molecule has 0 atom stereocenters. The zero-order valence-corrected chi connectivity index (χ0v) is 17.3. The molecule has 1 aliphatic rings. The van der Waals surface area contributed by atoms with Gasteiger partial charge < -0.3 is 14.8 Å². The van der Waals surface area contributed by atoms with E-state index >= 15 is 0 Å². The smallest absolute Gasteiger partial charge is 0.397 e. The molecule has 0 fully saturated rings. The SMILES string of the molecule is CCOC(=O)C/C(=C/c1ccc(C2=CCCC(Cl)=C2)cc1)NC(=O)C(=O)OCC. The Kier molecular flexibility index (Phi) is 8.68. The molecule has 0 aromatic heterocycles. The molecule has 1 amide bonds. The normalized spacial score (nSPS) is 13.8. The molecule has 0 spiro atoms. The first kappa shape index (κ1) is 22.4. The highest BCUT2D eigenvalue weighted by atomic mass is 35.5. The second-order valence-corrected chi connectivity index (χ2v) is 6.72. The number of hydrogen-bond acceptors (Lipinski definition) is 5. The minimum absolute atomic E-state index is 0.0823. The van der Waals surface area contributed by atoms with Gasteiger partial charge in [0.25, 0.3) is 0 Å². The number of allylic oxidation sites excluding steroid dienone is 4. The molecule has 1 aromatic rings. The van der Waals surface area contributed by atoms with Crippen LogP contribution < -0.4 is 5.32 Å². The number of esters is 2. The van der Waals surface area contributed by atoms with Gasteiger partial charge in [-0.05, 0) is 55.5 Å². The number of benzene rings is 1. The molecule has 0 saturated heterocycles. The van der Waals surface area contributed by atoms with E-state index in [1.54, 1.807) is 19.9 Å². The molecule has 1 N–H and O–H groups in total. The summed E-state index contributed by atoms with van der Waals surface area (Å²) in [7, 11) is 0. The number of ether oxygens (including phenoxy) is 2. The standard InChI is InChI=1S/C22H24ClNO5/c1-3-28-20(25)14-19(24-21(26)22(27)29-4-2)12-15-8-10-16(11-9-15)17-6-5-7-18(23)13-17/h6,8-13H,3-5,7,14H2,1-2H3,(H,24,26)/b19-12-. The van der Waals surface area contributed by atoms with Gasteiger partial charge in [0, 0.05) is 10.7 Å². The summed E-state index contributed by atoms with van der Waals surface area (Å²) >= 11 is 6.12. The Labute approximate surface area is 175 Å². The van der Waals surface area contributed by atoms with Crippen molar-refractivity contribution in [3.8, 4) is 0 Å². The number of carbonyl (C=O) groups is 3. The summed E-state index contributed by atoms with van der Waals surface area (Å²) in [6.07, 6.45) is 7.27. The van der Waals surface area contributed by atoms with Crippen LogP contribution in [0.25, 0.3) is 11.6 Å². The van der Waals surface area contributed by atoms with Crippen molar-refractivity contribution in [3.05, 3.63) is 58.3 Å². The fourth-order valence-electron chi connectivity index (χ4n) is 2.73. The maximum atomic E-state index is 12.0. The molecule has 29 heavy (non-hydrogen) atoms. The first-order chi connectivity index (χ1) is 13.9. The van der Waals surface area contributed by atoms with E-state index in [0.29, 0.717) is 0 Å². The zero-order chi connectivity index (χ0) is 21.2. The van der Waals surface area contributed by atoms with Crippen LogP contribution in [0, 0.1) is 0 Å². The second-order valence-electron chi connectivity index (χ2n) is 6.24. The van der Waals surface area contributed by atoms with Crippen molar-refractivity contribution in [1.82, 2.24) is 5.32 Å². The maximum absolute atomic E-state index is 12.0. The summed E-state index contributed by atoms with van der Waals surface area (Å²) in [5.41, 5.74) is 3.07. The Bertz CT molecular complexity index is 852. The summed E-state index contributed by atoms with van der Waals surface area (Å²) in [4.78, 5) is 35.4. The molecule has 0 bridgehead atoms. The van der Waals surface area contributed by atoms with Crippen LogP contribution in [0.15, 0.2) is 47.1 Å². The molecule has 0 aliphatic heterocycles. The summed E-state index contributed by atoms with van der Waals surface area (Å²) < 4.78 is 9.62. The van der Waals surface area contributed by atoms with E-state index in [1.165, 1.54) is 0 Å². The zero-order valence-electron chi connectivity index (χ0n) is 16.5. The Morgan fingerprint density at radius 2 is 1.79 bits per heavy atom.